The lowest BCUT2D eigenvalue weighted by Crippen LogP contribution is -2.35. The van der Waals surface area contributed by atoms with E-state index in [4.69, 9.17) is 0 Å². The van der Waals surface area contributed by atoms with Gasteiger partial charge >= 0.3 is 11.9 Å². The first-order valence-electron chi connectivity index (χ1n) is 9.17. The third-order valence-electron chi connectivity index (χ3n) is 4.91. The highest BCUT2D eigenvalue weighted by Crippen LogP contribution is 2.30. The molecule has 29 heavy (non-hydrogen) atoms. The normalized spacial score (nSPS) is 14.7. The maximum absolute atomic E-state index is 12.9. The van der Waals surface area contributed by atoms with Crippen molar-refractivity contribution in [3.05, 3.63) is 52.1 Å². The van der Waals surface area contributed by atoms with Crippen LogP contribution in [0, 0.1) is 6.92 Å². The standard InChI is InChI=1S/C19H18F3N5O2/c1-12-10-15-24-26(11-16(28)25-8-2-3-9-25)18(29)27(15)17(23-12)13-4-6-14(7-5-13)19(20,21)22/h4-7,10H,2-3,8-9,11H2,1H3. The van der Waals surface area contributed by atoms with Gasteiger partial charge in [0, 0.05) is 30.4 Å². The molecule has 0 aliphatic carbocycles. The topological polar surface area (TPSA) is 72.5 Å². The van der Waals surface area contributed by atoms with Gasteiger partial charge in [-0.3, -0.25) is 4.79 Å². The second-order valence-electron chi connectivity index (χ2n) is 7.02. The second-order valence-corrected chi connectivity index (χ2v) is 7.02. The smallest absolute Gasteiger partial charge is 0.341 e. The summed E-state index contributed by atoms with van der Waals surface area (Å²) in [5.74, 6) is -0.00707. The van der Waals surface area contributed by atoms with Gasteiger partial charge < -0.3 is 4.90 Å². The molecule has 3 heterocycles. The number of rotatable bonds is 3. The lowest BCUT2D eigenvalue weighted by Gasteiger charge is -2.14. The number of nitrogens with zero attached hydrogens (tertiary/aromatic N) is 5. The number of hydrogen-bond donors (Lipinski definition) is 0. The van der Waals surface area contributed by atoms with Crippen molar-refractivity contribution in [2.24, 2.45) is 0 Å². The second kappa shape index (κ2) is 7.02. The molecule has 0 atom stereocenters. The monoisotopic (exact) mass is 405 g/mol. The maximum atomic E-state index is 12.9. The molecule has 1 aliphatic heterocycles. The van der Waals surface area contributed by atoms with E-state index in [-0.39, 0.29) is 23.9 Å². The summed E-state index contributed by atoms with van der Waals surface area (Å²) in [6.07, 6.45) is -2.58. The third kappa shape index (κ3) is 3.62. The molecule has 1 fully saturated rings. The Hall–Kier alpha value is -3.17. The molecule has 3 aromatic rings. The predicted molar refractivity (Wildman–Crippen MR) is 98.2 cm³/mol. The van der Waals surface area contributed by atoms with Gasteiger partial charge in [-0.05, 0) is 31.9 Å². The Balaban J connectivity index is 1.76. The molecule has 1 aliphatic rings. The zero-order chi connectivity index (χ0) is 20.8. The van der Waals surface area contributed by atoms with Crippen LogP contribution in [0.3, 0.4) is 0 Å². The first-order chi connectivity index (χ1) is 13.7. The Morgan fingerprint density at radius 3 is 2.41 bits per heavy atom. The molecular formula is C19H18F3N5O2. The van der Waals surface area contributed by atoms with Crippen LogP contribution in [0.4, 0.5) is 13.2 Å². The van der Waals surface area contributed by atoms with E-state index in [0.717, 1.165) is 29.7 Å². The van der Waals surface area contributed by atoms with Crippen LogP contribution in [-0.4, -0.2) is 43.1 Å². The predicted octanol–water partition coefficient (Wildman–Crippen LogP) is 2.51. The molecule has 10 heteroatoms. The van der Waals surface area contributed by atoms with Crippen molar-refractivity contribution in [3.8, 4) is 11.4 Å². The Morgan fingerprint density at radius 1 is 1.14 bits per heavy atom. The molecule has 0 radical (unpaired) electrons. The van der Waals surface area contributed by atoms with Gasteiger partial charge in [-0.2, -0.15) is 13.2 Å². The number of aromatic nitrogens is 4. The highest BCUT2D eigenvalue weighted by Gasteiger charge is 2.30. The molecule has 0 saturated carbocycles. The van der Waals surface area contributed by atoms with E-state index in [2.05, 4.69) is 10.1 Å². The highest BCUT2D eigenvalue weighted by molar-refractivity contribution is 5.76. The summed E-state index contributed by atoms with van der Waals surface area (Å²) in [4.78, 5) is 31.3. The van der Waals surface area contributed by atoms with Crippen molar-refractivity contribution in [2.75, 3.05) is 13.1 Å². The Morgan fingerprint density at radius 2 is 1.79 bits per heavy atom. The van der Waals surface area contributed by atoms with E-state index >= 15 is 0 Å². The first kappa shape index (κ1) is 19.2. The van der Waals surface area contributed by atoms with Crippen LogP contribution in [0.1, 0.15) is 24.1 Å². The zero-order valence-corrected chi connectivity index (χ0v) is 15.6. The average Bonchev–Trinajstić information content (AvgIpc) is 3.30. The number of alkyl halides is 3. The van der Waals surface area contributed by atoms with E-state index in [0.29, 0.717) is 24.3 Å². The lowest BCUT2D eigenvalue weighted by molar-refractivity contribution is -0.137. The molecule has 1 saturated heterocycles. The van der Waals surface area contributed by atoms with Crippen molar-refractivity contribution in [1.82, 2.24) is 24.1 Å². The quantitative estimate of drug-likeness (QED) is 0.671. The maximum Gasteiger partial charge on any atom is 0.416 e. The molecule has 2 aromatic heterocycles. The Kier molecular flexibility index (Phi) is 4.64. The number of likely N-dealkylation sites (tertiary alicyclic amines) is 1. The van der Waals surface area contributed by atoms with E-state index in [1.165, 1.54) is 16.5 Å². The van der Waals surface area contributed by atoms with Gasteiger partial charge in [0.2, 0.25) is 5.91 Å². The number of benzene rings is 1. The van der Waals surface area contributed by atoms with Crippen LogP contribution in [0.2, 0.25) is 0 Å². The lowest BCUT2D eigenvalue weighted by atomic mass is 10.1. The summed E-state index contributed by atoms with van der Waals surface area (Å²) in [7, 11) is 0. The van der Waals surface area contributed by atoms with Gasteiger partial charge in [-0.1, -0.05) is 12.1 Å². The van der Waals surface area contributed by atoms with Crippen LogP contribution in [0.15, 0.2) is 35.1 Å². The SMILES string of the molecule is Cc1cc2nn(CC(=O)N3CCCC3)c(=O)n2c(-c2ccc(C(F)(F)F)cc2)n1. The molecule has 4 rings (SSSR count). The van der Waals surface area contributed by atoms with Crippen LogP contribution >= 0.6 is 0 Å². The molecular weight excluding hydrogens is 387 g/mol. The minimum absolute atomic E-state index is 0.179. The van der Waals surface area contributed by atoms with Crippen LogP contribution in [0.25, 0.3) is 17.0 Å². The number of fused-ring (bicyclic) bond motifs is 1. The van der Waals surface area contributed by atoms with Crippen molar-refractivity contribution in [1.29, 1.82) is 0 Å². The highest BCUT2D eigenvalue weighted by atomic mass is 19.4. The van der Waals surface area contributed by atoms with Gasteiger partial charge in [-0.25, -0.2) is 18.9 Å². The summed E-state index contributed by atoms with van der Waals surface area (Å²) < 4.78 is 40.8. The molecule has 0 spiro atoms. The van der Waals surface area contributed by atoms with E-state index in [1.807, 2.05) is 0 Å². The van der Waals surface area contributed by atoms with Gasteiger partial charge in [0.15, 0.2) is 5.65 Å². The van der Waals surface area contributed by atoms with Gasteiger partial charge in [0.1, 0.15) is 12.4 Å². The molecule has 7 nitrogen and oxygen atoms in total. The van der Waals surface area contributed by atoms with E-state index in [9.17, 15) is 22.8 Å². The molecule has 1 aromatic carbocycles. The summed E-state index contributed by atoms with van der Waals surface area (Å²) in [6, 6.07) is 6.01. The number of halogens is 3. The van der Waals surface area contributed by atoms with Crippen molar-refractivity contribution >= 4 is 11.6 Å². The minimum Gasteiger partial charge on any atom is -0.341 e. The number of amides is 1. The van der Waals surface area contributed by atoms with Crippen LogP contribution in [-0.2, 0) is 17.5 Å². The molecule has 0 bridgehead atoms. The largest absolute Gasteiger partial charge is 0.416 e. The third-order valence-corrected chi connectivity index (χ3v) is 4.91. The van der Waals surface area contributed by atoms with Crippen molar-refractivity contribution < 1.29 is 18.0 Å². The van der Waals surface area contributed by atoms with Gasteiger partial charge in [0.05, 0.1) is 5.56 Å². The fourth-order valence-electron chi connectivity index (χ4n) is 3.45. The molecule has 0 N–H and O–H groups in total. The van der Waals surface area contributed by atoms with Gasteiger partial charge in [0.25, 0.3) is 0 Å². The van der Waals surface area contributed by atoms with Crippen molar-refractivity contribution in [2.45, 2.75) is 32.5 Å². The molecule has 1 amide bonds. The Bertz CT molecular complexity index is 1130. The molecule has 0 unspecified atom stereocenters. The number of aryl methyl sites for hydroxylation is 1. The number of hydrogen-bond acceptors (Lipinski definition) is 4. The number of carbonyl (C=O) groups excluding carboxylic acids is 1. The first-order valence-corrected chi connectivity index (χ1v) is 9.17. The summed E-state index contributed by atoms with van der Waals surface area (Å²) in [5, 5.41) is 4.23. The summed E-state index contributed by atoms with van der Waals surface area (Å²) in [6.45, 7) is 2.84. The fraction of sp³-hybridized carbons (Fsp3) is 0.368. The zero-order valence-electron chi connectivity index (χ0n) is 15.6. The molecule has 152 valence electrons. The Labute approximate surface area is 163 Å². The summed E-state index contributed by atoms with van der Waals surface area (Å²) >= 11 is 0. The van der Waals surface area contributed by atoms with E-state index < -0.39 is 17.4 Å². The van der Waals surface area contributed by atoms with Gasteiger partial charge in [-0.15, -0.1) is 5.10 Å². The summed E-state index contributed by atoms with van der Waals surface area (Å²) in [5.41, 5.74) is -0.166. The van der Waals surface area contributed by atoms with E-state index in [1.54, 1.807) is 17.9 Å². The van der Waals surface area contributed by atoms with Crippen LogP contribution in [0.5, 0.6) is 0 Å². The average molecular weight is 405 g/mol. The minimum atomic E-state index is -4.45. The van der Waals surface area contributed by atoms with Crippen LogP contribution < -0.4 is 5.69 Å². The number of carbonyl (C=O) groups is 1. The fourth-order valence-corrected chi connectivity index (χ4v) is 3.45. The van der Waals surface area contributed by atoms with Crippen molar-refractivity contribution in [3.63, 3.8) is 0 Å².